The molecule has 0 aromatic carbocycles. The summed E-state index contributed by atoms with van der Waals surface area (Å²) in [7, 11) is 0. The maximum atomic E-state index is 11.3. The fourth-order valence-electron chi connectivity index (χ4n) is 1.61. The second-order valence-electron chi connectivity index (χ2n) is 3.57. The van der Waals surface area contributed by atoms with Gasteiger partial charge in [-0.2, -0.15) is 0 Å². The number of halogens is 1. The first-order valence-corrected chi connectivity index (χ1v) is 6.36. The van der Waals surface area contributed by atoms with Crippen LogP contribution in [0, 0.1) is 0 Å². The van der Waals surface area contributed by atoms with Gasteiger partial charge in [-0.15, -0.1) is 11.3 Å². The maximum absolute atomic E-state index is 11.3. The minimum atomic E-state index is -0.479. The molecule has 21 heavy (non-hydrogen) atoms. The Bertz CT molecular complexity index is 465. The molecule has 11 heteroatoms. The minimum Gasteiger partial charge on any atom is -1.00 e. The third-order valence-electron chi connectivity index (χ3n) is 2.45. The fraction of sp³-hybridized carbons (Fsp3) is 0.400. The van der Waals surface area contributed by atoms with Crippen molar-refractivity contribution in [1.29, 1.82) is 0 Å². The minimum absolute atomic E-state index is 0. The van der Waals surface area contributed by atoms with Gasteiger partial charge in [0.1, 0.15) is 6.04 Å². The van der Waals surface area contributed by atoms with Crippen LogP contribution in [0.15, 0.2) is 32.1 Å². The first kappa shape index (κ1) is 22.3. The largest absolute Gasteiger partial charge is 2.00 e. The third kappa shape index (κ3) is 5.70. The van der Waals surface area contributed by atoms with Crippen LogP contribution in [0.4, 0.5) is 0 Å². The predicted octanol–water partition coefficient (Wildman–Crippen LogP) is -3.56. The molecule has 8 nitrogen and oxygen atoms in total. The van der Waals surface area contributed by atoms with Gasteiger partial charge < -0.3 is 34.3 Å². The molecule has 2 aliphatic heterocycles. The van der Waals surface area contributed by atoms with E-state index in [1.807, 2.05) is 17.2 Å². The Morgan fingerprint density at radius 3 is 2.67 bits per heavy atom. The average Bonchev–Trinajstić information content (AvgIpc) is 3.00. The average molecular weight is 513 g/mol. The molecule has 0 saturated carbocycles. The van der Waals surface area contributed by atoms with Gasteiger partial charge in [0.15, 0.2) is 6.17 Å². The number of thiazole rings is 1. The van der Waals surface area contributed by atoms with E-state index in [1.54, 1.807) is 29.4 Å². The Kier molecular flexibility index (Phi) is 11.3. The molecular formula is C10H16ClN7OPtS. The summed E-state index contributed by atoms with van der Waals surface area (Å²) in [4.78, 5) is 17.2. The quantitative estimate of drug-likeness (QED) is 0.401. The van der Waals surface area contributed by atoms with Crippen molar-refractivity contribution < 1.29 is 38.6 Å². The summed E-state index contributed by atoms with van der Waals surface area (Å²) in [6, 6.07) is -0.479. The van der Waals surface area contributed by atoms with E-state index < -0.39 is 6.04 Å². The molecule has 3 heterocycles. The molecule has 0 radical (unpaired) electrons. The fourth-order valence-corrected chi connectivity index (χ4v) is 1.96. The van der Waals surface area contributed by atoms with Crippen LogP contribution in [0.3, 0.4) is 0 Å². The molecule has 3 rings (SSSR count). The zero-order valence-corrected chi connectivity index (χ0v) is 15.0. The van der Waals surface area contributed by atoms with Gasteiger partial charge in [-0.05, 0) is 12.8 Å². The first-order chi connectivity index (χ1) is 8.72. The third-order valence-corrected chi connectivity index (χ3v) is 2.97. The number of hydrogen-bond acceptors (Lipinski definition) is 9. The van der Waals surface area contributed by atoms with E-state index in [4.69, 9.17) is 5.73 Å². The van der Waals surface area contributed by atoms with Gasteiger partial charge in [0.05, 0.1) is 11.8 Å². The first-order valence-electron chi connectivity index (χ1n) is 5.42. The molecule has 5 N–H and O–H groups in total. The van der Waals surface area contributed by atoms with Crippen molar-refractivity contribution in [3.63, 3.8) is 0 Å². The number of likely N-dealkylation sites (N-methyl/N-ethyl adjacent to an activating group) is 1. The maximum Gasteiger partial charge on any atom is 2.00 e. The van der Waals surface area contributed by atoms with Gasteiger partial charge in [0, 0.05) is 18.1 Å². The normalized spacial score (nSPS) is 21.3. The molecule has 0 bridgehead atoms. The number of nitrogens with two attached hydrogens (primary N) is 1. The van der Waals surface area contributed by atoms with Crippen LogP contribution in [0.5, 0.6) is 0 Å². The topological polar surface area (TPSA) is 137 Å². The van der Waals surface area contributed by atoms with Crippen LogP contribution in [0.2, 0.25) is 0 Å². The van der Waals surface area contributed by atoms with Gasteiger partial charge >= 0.3 is 21.1 Å². The summed E-state index contributed by atoms with van der Waals surface area (Å²) < 4.78 is 0. The van der Waals surface area contributed by atoms with Crippen LogP contribution < -0.4 is 29.4 Å². The Hall–Kier alpha value is -1.02. The SMILES string of the molecule is CCN1C=NC2C([O-])=NC(N)=NC21.N.[Cl-].[Pt+2].c1cscn1. The van der Waals surface area contributed by atoms with Crippen LogP contribution in [-0.2, 0) is 21.1 Å². The van der Waals surface area contributed by atoms with Gasteiger partial charge in [-0.1, -0.05) is 0 Å². The van der Waals surface area contributed by atoms with E-state index in [0.717, 1.165) is 6.54 Å². The van der Waals surface area contributed by atoms with Crippen molar-refractivity contribution >= 4 is 29.5 Å². The van der Waals surface area contributed by atoms with Crippen molar-refractivity contribution in [2.45, 2.75) is 19.1 Å². The van der Waals surface area contributed by atoms with E-state index >= 15 is 0 Å². The Morgan fingerprint density at radius 2 is 2.19 bits per heavy atom. The molecule has 0 aliphatic carbocycles. The molecule has 0 fully saturated rings. The summed E-state index contributed by atoms with van der Waals surface area (Å²) in [5.74, 6) is -0.250. The number of nitrogens with zero attached hydrogens (tertiary/aromatic N) is 5. The van der Waals surface area contributed by atoms with Gasteiger partial charge in [-0.25, -0.2) is 9.98 Å². The summed E-state index contributed by atoms with van der Waals surface area (Å²) in [5.41, 5.74) is 7.17. The Labute approximate surface area is 147 Å². The van der Waals surface area contributed by atoms with Crippen LogP contribution in [0.25, 0.3) is 0 Å². The second-order valence-corrected chi connectivity index (χ2v) is 4.32. The number of guanidine groups is 1. The number of rotatable bonds is 1. The summed E-state index contributed by atoms with van der Waals surface area (Å²) >= 11 is 1.60. The van der Waals surface area contributed by atoms with E-state index in [-0.39, 0.29) is 57.6 Å². The van der Waals surface area contributed by atoms with Crippen molar-refractivity contribution in [1.82, 2.24) is 16.0 Å². The van der Waals surface area contributed by atoms with E-state index in [1.165, 1.54) is 0 Å². The van der Waals surface area contributed by atoms with E-state index in [0.29, 0.717) is 0 Å². The molecule has 2 atom stereocenters. The van der Waals surface area contributed by atoms with Gasteiger partial charge in [0.25, 0.3) is 0 Å². The van der Waals surface area contributed by atoms with E-state index in [2.05, 4.69) is 20.0 Å². The van der Waals surface area contributed by atoms with E-state index in [9.17, 15) is 5.11 Å². The number of fused-ring (bicyclic) bond motifs is 1. The smallest absolute Gasteiger partial charge is 1.00 e. The number of hydrogen-bond donors (Lipinski definition) is 2. The number of aromatic nitrogens is 1. The molecule has 0 amide bonds. The van der Waals surface area contributed by atoms with Crippen LogP contribution in [-0.4, -0.2) is 46.8 Å². The summed E-state index contributed by atoms with van der Waals surface area (Å²) in [6.07, 6.45) is 3.13. The molecule has 120 valence electrons. The zero-order valence-electron chi connectivity index (χ0n) is 11.2. The number of aliphatic imine (C=N–C) groups is 3. The molecule has 0 saturated heterocycles. The molecule has 2 aliphatic rings. The monoisotopic (exact) mass is 512 g/mol. The predicted molar refractivity (Wildman–Crippen MR) is 74.6 cm³/mol. The Morgan fingerprint density at radius 1 is 1.48 bits per heavy atom. The molecule has 0 spiro atoms. The van der Waals surface area contributed by atoms with Crippen molar-refractivity contribution in [3.8, 4) is 0 Å². The van der Waals surface area contributed by atoms with Crippen molar-refractivity contribution in [2.75, 3.05) is 6.54 Å². The van der Waals surface area contributed by atoms with Crippen molar-refractivity contribution in [2.24, 2.45) is 20.7 Å². The van der Waals surface area contributed by atoms with Crippen molar-refractivity contribution in [3.05, 3.63) is 17.1 Å². The zero-order chi connectivity index (χ0) is 13.0. The standard InChI is InChI=1S/C7H11N5O.C3H3NS.ClH.H3N.Pt/c1-2-12-3-9-4-5(12)10-7(8)11-6(4)13;1-2-5-3-4-1;;;/h3-5H,2H2,1H3,(H3,8,10,11,13);1-3H;1H;1H3;/q;;;;+2/p-2. The summed E-state index contributed by atoms with van der Waals surface area (Å²) in [6.45, 7) is 2.73. The molecule has 1 aromatic heterocycles. The Balaban J connectivity index is 0. The van der Waals surface area contributed by atoms with Crippen LogP contribution >= 0.6 is 11.3 Å². The van der Waals surface area contributed by atoms with Gasteiger partial charge in [0.2, 0.25) is 5.96 Å². The molecule has 1 aromatic rings. The van der Waals surface area contributed by atoms with Gasteiger partial charge in [-0.3, -0.25) is 9.98 Å². The van der Waals surface area contributed by atoms with Crippen LogP contribution in [0.1, 0.15) is 6.92 Å². The molecule has 2 unspecified atom stereocenters. The second kappa shape index (κ2) is 10.7. The molecular weight excluding hydrogens is 497 g/mol. The summed E-state index contributed by atoms with van der Waals surface area (Å²) in [5, 5.41) is 13.2.